The van der Waals surface area contributed by atoms with E-state index in [9.17, 15) is 8.78 Å². The molecule has 0 unspecified atom stereocenters. The summed E-state index contributed by atoms with van der Waals surface area (Å²) in [7, 11) is 1.60. The maximum atomic E-state index is 12.6. The van der Waals surface area contributed by atoms with Gasteiger partial charge < -0.3 is 19.9 Å². The van der Waals surface area contributed by atoms with Crippen LogP contribution in [0, 0.1) is 0 Å². The molecule has 12 heteroatoms. The molecule has 154 valence electrons. The van der Waals surface area contributed by atoms with Gasteiger partial charge in [0.15, 0.2) is 11.8 Å². The Labute approximate surface area is 187 Å². The van der Waals surface area contributed by atoms with Gasteiger partial charge in [-0.1, -0.05) is 23.2 Å². The van der Waals surface area contributed by atoms with Crippen molar-refractivity contribution in [2.75, 3.05) is 7.05 Å². The first kappa shape index (κ1) is 22.9. The van der Waals surface area contributed by atoms with Crippen LogP contribution in [0.15, 0.2) is 17.1 Å². The molecule has 0 atom stereocenters. The topological polar surface area (TPSA) is 76.4 Å². The fourth-order valence-electron chi connectivity index (χ4n) is 2.87. The molecule has 1 aromatic heterocycles. The Morgan fingerprint density at radius 1 is 1.29 bits per heavy atom. The van der Waals surface area contributed by atoms with Crippen molar-refractivity contribution in [1.82, 2.24) is 25.4 Å². The standard InChI is InChI=1S/C16H18Cl2F2N6O.HI/c1-21-16(23-8-13-25-24-12-3-2-4-26(12)13)22-7-9-5-10(17)6-11(18)14(9)27-15(19)20;/h5-6,15H,2-4,7-8H2,1H3,(H2,21,22,23);1H. The third kappa shape index (κ3) is 5.57. The van der Waals surface area contributed by atoms with E-state index in [-0.39, 0.29) is 41.3 Å². The number of guanidine groups is 1. The Hall–Kier alpha value is -1.40. The molecule has 0 fully saturated rings. The van der Waals surface area contributed by atoms with Crippen molar-refractivity contribution < 1.29 is 13.5 Å². The summed E-state index contributed by atoms with van der Waals surface area (Å²) >= 11 is 11.9. The summed E-state index contributed by atoms with van der Waals surface area (Å²) in [6.45, 7) is -1.51. The Morgan fingerprint density at radius 3 is 2.75 bits per heavy atom. The summed E-state index contributed by atoms with van der Waals surface area (Å²) in [5.41, 5.74) is 0.388. The highest BCUT2D eigenvalue weighted by atomic mass is 127. The SMILES string of the molecule is CN=C(NCc1cc(Cl)cc(Cl)c1OC(F)F)NCc1nnc2n1CCC2.I. The first-order valence-electron chi connectivity index (χ1n) is 8.26. The Kier molecular flexibility index (Phi) is 8.50. The molecule has 2 N–H and O–H groups in total. The summed E-state index contributed by atoms with van der Waals surface area (Å²) in [5, 5.41) is 14.8. The molecule has 7 nitrogen and oxygen atoms in total. The fourth-order valence-corrected chi connectivity index (χ4v) is 3.45. The minimum atomic E-state index is -2.99. The van der Waals surface area contributed by atoms with Gasteiger partial charge in [-0.2, -0.15) is 8.78 Å². The zero-order valence-corrected chi connectivity index (χ0v) is 18.7. The van der Waals surface area contributed by atoms with Gasteiger partial charge in [0.1, 0.15) is 11.6 Å². The highest BCUT2D eigenvalue weighted by molar-refractivity contribution is 14.0. The van der Waals surface area contributed by atoms with Gasteiger partial charge in [0.2, 0.25) is 0 Å². The summed E-state index contributed by atoms with van der Waals surface area (Å²) < 4.78 is 31.9. The lowest BCUT2D eigenvalue weighted by molar-refractivity contribution is -0.0504. The molecular formula is C16H19Cl2F2IN6O. The summed E-state index contributed by atoms with van der Waals surface area (Å²) in [5.74, 6) is 2.15. The molecule has 2 heterocycles. The van der Waals surface area contributed by atoms with Gasteiger partial charge in [0, 0.05) is 37.1 Å². The van der Waals surface area contributed by atoms with Gasteiger partial charge in [0.05, 0.1) is 11.6 Å². The molecule has 2 aromatic rings. The predicted molar refractivity (Wildman–Crippen MR) is 114 cm³/mol. The Morgan fingerprint density at radius 2 is 2.04 bits per heavy atom. The van der Waals surface area contributed by atoms with E-state index in [0.717, 1.165) is 31.0 Å². The Balaban J connectivity index is 0.00000280. The molecule has 0 spiro atoms. The zero-order valence-electron chi connectivity index (χ0n) is 14.9. The average molecular weight is 547 g/mol. The van der Waals surface area contributed by atoms with Crippen LogP contribution in [-0.4, -0.2) is 34.4 Å². The second-order valence-electron chi connectivity index (χ2n) is 5.82. The number of aryl methyl sites for hydroxylation is 1. The minimum absolute atomic E-state index is 0. The van der Waals surface area contributed by atoms with Crippen LogP contribution in [0.4, 0.5) is 8.78 Å². The van der Waals surface area contributed by atoms with Gasteiger partial charge in [0.25, 0.3) is 0 Å². The average Bonchev–Trinajstić information content (AvgIpc) is 3.22. The molecule has 0 radical (unpaired) electrons. The lowest BCUT2D eigenvalue weighted by Gasteiger charge is -2.16. The molecule has 28 heavy (non-hydrogen) atoms. The summed E-state index contributed by atoms with van der Waals surface area (Å²) in [4.78, 5) is 4.11. The van der Waals surface area contributed by atoms with E-state index >= 15 is 0 Å². The van der Waals surface area contributed by atoms with Crippen LogP contribution in [0.2, 0.25) is 10.0 Å². The maximum Gasteiger partial charge on any atom is 0.387 e. The van der Waals surface area contributed by atoms with Gasteiger partial charge in [-0.05, 0) is 18.6 Å². The van der Waals surface area contributed by atoms with Crippen LogP contribution < -0.4 is 15.4 Å². The maximum absolute atomic E-state index is 12.6. The third-order valence-electron chi connectivity index (χ3n) is 4.06. The van der Waals surface area contributed by atoms with Crippen molar-refractivity contribution in [3.8, 4) is 5.75 Å². The van der Waals surface area contributed by atoms with Gasteiger partial charge in [-0.15, -0.1) is 34.2 Å². The lowest BCUT2D eigenvalue weighted by atomic mass is 10.2. The largest absolute Gasteiger partial charge is 0.433 e. The molecule has 0 amide bonds. The van der Waals surface area contributed by atoms with Gasteiger partial charge >= 0.3 is 6.61 Å². The number of hydrogen-bond acceptors (Lipinski definition) is 4. The van der Waals surface area contributed by atoms with E-state index in [1.165, 1.54) is 12.1 Å². The van der Waals surface area contributed by atoms with E-state index in [4.69, 9.17) is 23.2 Å². The van der Waals surface area contributed by atoms with Gasteiger partial charge in [-0.3, -0.25) is 4.99 Å². The van der Waals surface area contributed by atoms with E-state index in [1.54, 1.807) is 7.05 Å². The second kappa shape index (κ2) is 10.4. The quantitative estimate of drug-likeness (QED) is 0.329. The van der Waals surface area contributed by atoms with E-state index in [2.05, 4.69) is 35.1 Å². The van der Waals surface area contributed by atoms with E-state index < -0.39 is 6.61 Å². The molecular weight excluding hydrogens is 528 g/mol. The predicted octanol–water partition coefficient (Wildman–Crippen LogP) is 3.62. The number of nitrogens with one attached hydrogen (secondary N) is 2. The second-order valence-corrected chi connectivity index (χ2v) is 6.66. The molecule has 0 saturated heterocycles. The number of nitrogens with zero attached hydrogens (tertiary/aromatic N) is 4. The molecule has 1 aliphatic rings. The van der Waals surface area contributed by atoms with Crippen LogP contribution in [0.1, 0.15) is 23.6 Å². The highest BCUT2D eigenvalue weighted by Crippen LogP contribution is 2.33. The molecule has 0 aliphatic carbocycles. The third-order valence-corrected chi connectivity index (χ3v) is 4.56. The van der Waals surface area contributed by atoms with Crippen LogP contribution in [0.3, 0.4) is 0 Å². The smallest absolute Gasteiger partial charge is 0.387 e. The molecule has 0 bridgehead atoms. The number of ether oxygens (including phenoxy) is 1. The van der Waals surface area contributed by atoms with E-state index in [1.807, 2.05) is 0 Å². The molecule has 0 saturated carbocycles. The van der Waals surface area contributed by atoms with Crippen LogP contribution in [0.25, 0.3) is 0 Å². The van der Waals surface area contributed by atoms with Gasteiger partial charge in [-0.25, -0.2) is 0 Å². The monoisotopic (exact) mass is 546 g/mol. The number of aromatic nitrogens is 3. The first-order chi connectivity index (χ1) is 13.0. The molecule has 3 rings (SSSR count). The van der Waals surface area contributed by atoms with Crippen molar-refractivity contribution in [3.63, 3.8) is 0 Å². The van der Waals surface area contributed by atoms with Crippen molar-refractivity contribution >= 4 is 53.1 Å². The number of alkyl halides is 2. The lowest BCUT2D eigenvalue weighted by Crippen LogP contribution is -2.37. The van der Waals surface area contributed by atoms with Crippen LogP contribution >= 0.6 is 47.2 Å². The first-order valence-corrected chi connectivity index (χ1v) is 9.01. The Bertz CT molecular complexity index is 849. The van der Waals surface area contributed by atoms with Crippen LogP contribution in [-0.2, 0) is 26.1 Å². The number of halogens is 5. The number of hydrogen-bond donors (Lipinski definition) is 2. The normalized spacial score (nSPS) is 13.3. The summed E-state index contributed by atoms with van der Waals surface area (Å²) in [6, 6.07) is 2.86. The molecule has 1 aliphatic heterocycles. The number of benzene rings is 1. The number of aliphatic imine (C=N–C) groups is 1. The van der Waals surface area contributed by atoms with Crippen molar-refractivity contribution in [1.29, 1.82) is 0 Å². The number of fused-ring (bicyclic) bond motifs is 1. The fraction of sp³-hybridized carbons (Fsp3) is 0.438. The zero-order chi connectivity index (χ0) is 19.4. The van der Waals surface area contributed by atoms with Crippen LogP contribution in [0.5, 0.6) is 5.75 Å². The van der Waals surface area contributed by atoms with Crippen molar-refractivity contribution in [2.45, 2.75) is 39.1 Å². The van der Waals surface area contributed by atoms with Crippen molar-refractivity contribution in [3.05, 3.63) is 39.4 Å². The molecule has 1 aromatic carbocycles. The highest BCUT2D eigenvalue weighted by Gasteiger charge is 2.18. The minimum Gasteiger partial charge on any atom is -0.433 e. The van der Waals surface area contributed by atoms with Crippen molar-refractivity contribution in [2.24, 2.45) is 4.99 Å². The van der Waals surface area contributed by atoms with E-state index in [0.29, 0.717) is 23.1 Å². The number of rotatable bonds is 6. The summed E-state index contributed by atoms with van der Waals surface area (Å²) in [6.07, 6.45) is 2.00.